The summed E-state index contributed by atoms with van der Waals surface area (Å²) >= 11 is 1.59. The van der Waals surface area contributed by atoms with Gasteiger partial charge >= 0.3 is 0 Å². The second-order valence-corrected chi connectivity index (χ2v) is 6.51. The van der Waals surface area contributed by atoms with Crippen molar-refractivity contribution in [1.82, 2.24) is 10.6 Å². The Hall–Kier alpha value is -1.00. The van der Waals surface area contributed by atoms with Crippen LogP contribution in [-0.4, -0.2) is 23.7 Å². The van der Waals surface area contributed by atoms with Crippen molar-refractivity contribution in [2.75, 3.05) is 5.75 Å². The molecule has 0 aliphatic heterocycles. The van der Waals surface area contributed by atoms with E-state index in [0.717, 1.165) is 23.9 Å². The number of hydrogen-bond acceptors (Lipinski definition) is 3. The van der Waals surface area contributed by atoms with Crippen LogP contribution in [0, 0.1) is 0 Å². The molecule has 1 aromatic rings. The molecule has 1 aliphatic rings. The maximum Gasteiger partial charge on any atom is 0.230 e. The van der Waals surface area contributed by atoms with Crippen LogP contribution in [0.1, 0.15) is 38.7 Å². The molecule has 0 spiro atoms. The molecule has 110 valence electrons. The van der Waals surface area contributed by atoms with Crippen molar-refractivity contribution in [2.24, 2.45) is 0 Å². The van der Waals surface area contributed by atoms with Crippen molar-refractivity contribution >= 4 is 17.7 Å². The standard InChI is InChI=1S/C16H24N2OS/c1-3-12(2)18-16(19)11-20-15-8-4-13(5-9-15)10-17-14-6-7-14/h4-5,8-9,12,14,17H,3,6-7,10-11H2,1-2H3,(H,18,19). The lowest BCUT2D eigenvalue weighted by Crippen LogP contribution is -2.33. The average molecular weight is 292 g/mol. The van der Waals surface area contributed by atoms with Gasteiger partial charge in [-0.3, -0.25) is 4.79 Å². The molecule has 1 fully saturated rings. The minimum Gasteiger partial charge on any atom is -0.353 e. The lowest BCUT2D eigenvalue weighted by atomic mass is 10.2. The van der Waals surface area contributed by atoms with Crippen molar-refractivity contribution in [2.45, 2.75) is 56.6 Å². The highest BCUT2D eigenvalue weighted by Crippen LogP contribution is 2.21. The molecule has 1 unspecified atom stereocenters. The zero-order chi connectivity index (χ0) is 14.4. The Balaban J connectivity index is 1.71. The zero-order valence-electron chi connectivity index (χ0n) is 12.3. The van der Waals surface area contributed by atoms with Crippen LogP contribution in [0.3, 0.4) is 0 Å². The zero-order valence-corrected chi connectivity index (χ0v) is 13.1. The predicted octanol–water partition coefficient (Wildman–Crippen LogP) is 2.95. The van der Waals surface area contributed by atoms with Gasteiger partial charge in [0.05, 0.1) is 5.75 Å². The van der Waals surface area contributed by atoms with Crippen LogP contribution in [0.15, 0.2) is 29.2 Å². The van der Waals surface area contributed by atoms with Gasteiger partial charge in [-0.05, 0) is 43.9 Å². The van der Waals surface area contributed by atoms with E-state index in [0.29, 0.717) is 5.75 Å². The molecular weight excluding hydrogens is 268 g/mol. The minimum atomic E-state index is 0.115. The number of rotatable bonds is 8. The van der Waals surface area contributed by atoms with Crippen LogP contribution in [0.2, 0.25) is 0 Å². The summed E-state index contributed by atoms with van der Waals surface area (Å²) in [4.78, 5) is 12.8. The van der Waals surface area contributed by atoms with E-state index >= 15 is 0 Å². The van der Waals surface area contributed by atoms with E-state index in [-0.39, 0.29) is 11.9 Å². The quantitative estimate of drug-likeness (QED) is 0.724. The molecule has 1 aromatic carbocycles. The summed E-state index contributed by atoms with van der Waals surface area (Å²) in [5.41, 5.74) is 1.31. The van der Waals surface area contributed by atoms with Crippen LogP contribution in [0.5, 0.6) is 0 Å². The van der Waals surface area contributed by atoms with Gasteiger partial charge in [0.1, 0.15) is 0 Å². The van der Waals surface area contributed by atoms with Crippen LogP contribution < -0.4 is 10.6 Å². The van der Waals surface area contributed by atoms with E-state index in [1.54, 1.807) is 11.8 Å². The number of amides is 1. The molecule has 20 heavy (non-hydrogen) atoms. The summed E-state index contributed by atoms with van der Waals surface area (Å²) in [5.74, 6) is 0.605. The summed E-state index contributed by atoms with van der Waals surface area (Å²) in [6.07, 6.45) is 3.61. The SMILES string of the molecule is CCC(C)NC(=O)CSc1ccc(CNC2CC2)cc1. The van der Waals surface area contributed by atoms with Gasteiger partial charge in [0.25, 0.3) is 0 Å². The number of carbonyl (C=O) groups excluding carboxylic acids is 1. The Labute approximate surface area is 125 Å². The summed E-state index contributed by atoms with van der Waals surface area (Å²) in [7, 11) is 0. The maximum absolute atomic E-state index is 11.7. The van der Waals surface area contributed by atoms with E-state index in [2.05, 4.69) is 41.8 Å². The fraction of sp³-hybridized carbons (Fsp3) is 0.562. The third kappa shape index (κ3) is 5.55. The Morgan fingerprint density at radius 2 is 2.05 bits per heavy atom. The second-order valence-electron chi connectivity index (χ2n) is 5.46. The molecule has 0 aromatic heterocycles. The molecule has 3 nitrogen and oxygen atoms in total. The molecule has 1 amide bonds. The third-order valence-corrected chi connectivity index (χ3v) is 4.50. The van der Waals surface area contributed by atoms with Gasteiger partial charge in [-0.25, -0.2) is 0 Å². The number of hydrogen-bond donors (Lipinski definition) is 2. The van der Waals surface area contributed by atoms with Crippen molar-refractivity contribution in [3.63, 3.8) is 0 Å². The molecule has 4 heteroatoms. The van der Waals surface area contributed by atoms with Crippen molar-refractivity contribution in [3.8, 4) is 0 Å². The van der Waals surface area contributed by atoms with Crippen molar-refractivity contribution in [3.05, 3.63) is 29.8 Å². The Morgan fingerprint density at radius 1 is 1.35 bits per heavy atom. The topological polar surface area (TPSA) is 41.1 Å². The van der Waals surface area contributed by atoms with Crippen LogP contribution in [0.4, 0.5) is 0 Å². The summed E-state index contributed by atoms with van der Waals surface area (Å²) in [6, 6.07) is 9.50. The van der Waals surface area contributed by atoms with Gasteiger partial charge in [-0.2, -0.15) is 0 Å². The van der Waals surface area contributed by atoms with E-state index in [9.17, 15) is 4.79 Å². The Morgan fingerprint density at radius 3 is 2.65 bits per heavy atom. The molecule has 2 rings (SSSR count). The molecule has 1 atom stereocenters. The van der Waals surface area contributed by atoms with Gasteiger partial charge in [-0.1, -0.05) is 19.1 Å². The molecular formula is C16H24N2OS. The van der Waals surface area contributed by atoms with Gasteiger partial charge in [0, 0.05) is 23.5 Å². The first-order valence-corrected chi connectivity index (χ1v) is 8.40. The summed E-state index contributed by atoms with van der Waals surface area (Å²) < 4.78 is 0. The van der Waals surface area contributed by atoms with E-state index < -0.39 is 0 Å². The first-order chi connectivity index (χ1) is 9.67. The first kappa shape index (κ1) is 15.4. The number of thioether (sulfide) groups is 1. The molecule has 0 bridgehead atoms. The Kier molecular flexibility index (Phi) is 5.92. The lowest BCUT2D eigenvalue weighted by Gasteiger charge is -2.11. The predicted molar refractivity (Wildman–Crippen MR) is 84.9 cm³/mol. The van der Waals surface area contributed by atoms with E-state index in [1.807, 2.05) is 6.92 Å². The molecule has 0 heterocycles. The van der Waals surface area contributed by atoms with Crippen LogP contribution in [-0.2, 0) is 11.3 Å². The number of benzene rings is 1. The normalized spacial score (nSPS) is 15.9. The van der Waals surface area contributed by atoms with Crippen LogP contribution in [0.25, 0.3) is 0 Å². The van der Waals surface area contributed by atoms with Gasteiger partial charge in [0.2, 0.25) is 5.91 Å². The van der Waals surface area contributed by atoms with E-state index in [4.69, 9.17) is 0 Å². The molecule has 0 saturated heterocycles. The monoisotopic (exact) mass is 292 g/mol. The van der Waals surface area contributed by atoms with Crippen LogP contribution >= 0.6 is 11.8 Å². The highest BCUT2D eigenvalue weighted by atomic mass is 32.2. The van der Waals surface area contributed by atoms with Crippen molar-refractivity contribution < 1.29 is 4.79 Å². The first-order valence-electron chi connectivity index (χ1n) is 7.42. The Bertz CT molecular complexity index is 429. The average Bonchev–Trinajstić information content (AvgIpc) is 3.28. The second kappa shape index (κ2) is 7.70. The van der Waals surface area contributed by atoms with E-state index in [1.165, 1.54) is 18.4 Å². The maximum atomic E-state index is 11.7. The fourth-order valence-corrected chi connectivity index (χ4v) is 2.53. The lowest BCUT2D eigenvalue weighted by molar-refractivity contribution is -0.119. The highest BCUT2D eigenvalue weighted by molar-refractivity contribution is 8.00. The van der Waals surface area contributed by atoms with Gasteiger partial charge in [0.15, 0.2) is 0 Å². The van der Waals surface area contributed by atoms with Gasteiger partial charge < -0.3 is 10.6 Å². The third-order valence-electron chi connectivity index (χ3n) is 3.49. The molecule has 1 saturated carbocycles. The largest absolute Gasteiger partial charge is 0.353 e. The summed E-state index contributed by atoms with van der Waals surface area (Å²) in [6.45, 7) is 5.06. The van der Waals surface area contributed by atoms with Gasteiger partial charge in [-0.15, -0.1) is 11.8 Å². The van der Waals surface area contributed by atoms with Crippen molar-refractivity contribution in [1.29, 1.82) is 0 Å². The molecule has 1 aliphatic carbocycles. The molecule has 0 radical (unpaired) electrons. The minimum absolute atomic E-state index is 0.115. The number of nitrogens with one attached hydrogen (secondary N) is 2. The fourth-order valence-electron chi connectivity index (χ4n) is 1.82. The summed E-state index contributed by atoms with van der Waals surface area (Å²) in [5, 5.41) is 6.48. The number of carbonyl (C=O) groups is 1. The molecule has 2 N–H and O–H groups in total. The smallest absolute Gasteiger partial charge is 0.230 e. The highest BCUT2D eigenvalue weighted by Gasteiger charge is 2.19.